The van der Waals surface area contributed by atoms with Crippen LogP contribution in [0.5, 0.6) is 0 Å². The van der Waals surface area contributed by atoms with E-state index in [1.165, 1.54) is 12.1 Å². The van der Waals surface area contributed by atoms with Crippen molar-refractivity contribution in [1.82, 2.24) is 14.5 Å². The summed E-state index contributed by atoms with van der Waals surface area (Å²) in [5.41, 5.74) is 5.79. The Labute approximate surface area is 185 Å². The molecule has 5 rings (SSSR count). The molecule has 6 heteroatoms. The Morgan fingerprint density at radius 3 is 2.62 bits per heavy atom. The van der Waals surface area contributed by atoms with E-state index in [1.54, 1.807) is 18.5 Å². The molecule has 0 bridgehead atoms. The molecule has 0 saturated carbocycles. The van der Waals surface area contributed by atoms with E-state index in [2.05, 4.69) is 10.3 Å². The predicted octanol–water partition coefficient (Wildman–Crippen LogP) is 5.72. The standard InChI is InChI=1S/C26H22FN5/c1-17(2)29-23-15-26-24(14-22(23)30-19-8-6-12-28-16-19)31-21-10-3-4-11-25(21)32(26)20-9-5-7-18(27)13-20/h3-17,30H,1-2H3/b29-23+. The van der Waals surface area contributed by atoms with Crippen molar-refractivity contribution < 1.29 is 4.39 Å². The molecule has 158 valence electrons. The number of pyridine rings is 1. The lowest BCUT2D eigenvalue weighted by Crippen LogP contribution is -2.16. The lowest BCUT2D eigenvalue weighted by Gasteiger charge is -2.20. The molecule has 2 aromatic carbocycles. The van der Waals surface area contributed by atoms with Gasteiger partial charge in [0.2, 0.25) is 0 Å². The largest absolute Gasteiger partial charge is 0.352 e. The third kappa shape index (κ3) is 3.83. The molecule has 32 heavy (non-hydrogen) atoms. The summed E-state index contributed by atoms with van der Waals surface area (Å²) >= 11 is 0. The van der Waals surface area contributed by atoms with Crippen LogP contribution in [-0.4, -0.2) is 20.6 Å². The first-order chi connectivity index (χ1) is 15.6. The third-order valence-electron chi connectivity index (χ3n) is 5.10. The monoisotopic (exact) mass is 423 g/mol. The highest BCUT2D eigenvalue weighted by Crippen LogP contribution is 2.30. The maximum absolute atomic E-state index is 14.1. The van der Waals surface area contributed by atoms with Gasteiger partial charge in [-0.2, -0.15) is 0 Å². The molecule has 0 amide bonds. The molecule has 2 heterocycles. The highest BCUT2D eigenvalue weighted by molar-refractivity contribution is 5.84. The van der Waals surface area contributed by atoms with E-state index >= 15 is 0 Å². The normalized spacial score (nSPS) is 12.1. The minimum atomic E-state index is -0.286. The molecule has 0 saturated heterocycles. The molecule has 0 radical (unpaired) electrons. The van der Waals surface area contributed by atoms with Crippen molar-refractivity contribution in [3.63, 3.8) is 0 Å². The Morgan fingerprint density at radius 2 is 1.84 bits per heavy atom. The molecule has 0 unspecified atom stereocenters. The van der Waals surface area contributed by atoms with Crippen molar-refractivity contribution in [3.8, 4) is 17.1 Å². The summed E-state index contributed by atoms with van der Waals surface area (Å²) in [4.78, 5) is 13.9. The van der Waals surface area contributed by atoms with Gasteiger partial charge in [-0.25, -0.2) is 9.37 Å². The second kappa shape index (κ2) is 8.23. The molecule has 0 fully saturated rings. The van der Waals surface area contributed by atoms with Crippen molar-refractivity contribution >= 4 is 22.4 Å². The van der Waals surface area contributed by atoms with Crippen LogP contribution in [0.4, 0.5) is 15.8 Å². The zero-order valence-electron chi connectivity index (χ0n) is 17.8. The van der Waals surface area contributed by atoms with E-state index in [-0.39, 0.29) is 11.9 Å². The van der Waals surface area contributed by atoms with E-state index in [0.717, 1.165) is 44.8 Å². The predicted molar refractivity (Wildman–Crippen MR) is 126 cm³/mol. The van der Waals surface area contributed by atoms with Crippen LogP contribution in [0.25, 0.3) is 28.1 Å². The molecule has 1 aromatic heterocycles. The summed E-state index contributed by atoms with van der Waals surface area (Å²) in [5.74, 6) is -0.286. The molecular weight excluding hydrogens is 401 g/mol. The van der Waals surface area contributed by atoms with Crippen LogP contribution < -0.4 is 10.7 Å². The van der Waals surface area contributed by atoms with Crippen LogP contribution in [0.1, 0.15) is 13.8 Å². The van der Waals surface area contributed by atoms with Gasteiger partial charge in [0.15, 0.2) is 0 Å². The van der Waals surface area contributed by atoms with E-state index in [4.69, 9.17) is 9.98 Å². The van der Waals surface area contributed by atoms with Crippen LogP contribution >= 0.6 is 0 Å². The average Bonchev–Trinajstić information content (AvgIpc) is 2.78. The number of fused-ring (bicyclic) bond motifs is 2. The fraction of sp³-hybridized carbons (Fsp3) is 0.115. The van der Waals surface area contributed by atoms with Crippen molar-refractivity contribution in [2.24, 2.45) is 4.99 Å². The Hall–Kier alpha value is -4.06. The second-order valence-corrected chi connectivity index (χ2v) is 7.86. The van der Waals surface area contributed by atoms with E-state index in [9.17, 15) is 4.39 Å². The quantitative estimate of drug-likeness (QED) is 0.376. The molecule has 0 atom stereocenters. The van der Waals surface area contributed by atoms with Crippen molar-refractivity contribution in [2.45, 2.75) is 19.9 Å². The molecule has 2 aliphatic rings. The van der Waals surface area contributed by atoms with Crippen LogP contribution in [0.3, 0.4) is 0 Å². The van der Waals surface area contributed by atoms with Gasteiger partial charge in [-0.05, 0) is 68.4 Å². The number of nitrogens with one attached hydrogen (secondary N) is 1. The maximum Gasteiger partial charge on any atom is 0.125 e. The number of rotatable bonds is 4. The highest BCUT2D eigenvalue weighted by Gasteiger charge is 2.17. The fourth-order valence-corrected chi connectivity index (χ4v) is 3.81. The van der Waals surface area contributed by atoms with Crippen molar-refractivity contribution in [3.05, 3.63) is 96.4 Å². The van der Waals surface area contributed by atoms with Gasteiger partial charge in [0.05, 0.1) is 45.4 Å². The summed E-state index contributed by atoms with van der Waals surface area (Å²) in [6, 6.07) is 22.4. The lowest BCUT2D eigenvalue weighted by atomic mass is 10.1. The molecule has 1 aliphatic heterocycles. The summed E-state index contributed by atoms with van der Waals surface area (Å²) in [7, 11) is 0. The molecular formula is C26H22FN5. The van der Waals surface area contributed by atoms with Crippen molar-refractivity contribution in [1.29, 1.82) is 0 Å². The molecule has 0 spiro atoms. The van der Waals surface area contributed by atoms with Crippen LogP contribution in [0.15, 0.2) is 90.2 Å². The van der Waals surface area contributed by atoms with Crippen LogP contribution in [0, 0.1) is 5.82 Å². The Morgan fingerprint density at radius 1 is 0.969 bits per heavy atom. The number of para-hydroxylation sites is 2. The van der Waals surface area contributed by atoms with E-state index in [1.807, 2.05) is 73.0 Å². The third-order valence-corrected chi connectivity index (χ3v) is 5.10. The highest BCUT2D eigenvalue weighted by atomic mass is 19.1. The van der Waals surface area contributed by atoms with Gasteiger partial charge < -0.3 is 9.88 Å². The SMILES string of the molecule is CC(C)/N=c1\cc2n(-c3cccc(F)c3)c3ccccc3nc-2cc1Nc1cccnc1. The summed E-state index contributed by atoms with van der Waals surface area (Å²) in [6.45, 7) is 4.08. The number of nitrogens with zero attached hydrogens (tertiary/aromatic N) is 4. The van der Waals surface area contributed by atoms with Gasteiger partial charge in [-0.15, -0.1) is 0 Å². The summed E-state index contributed by atoms with van der Waals surface area (Å²) in [5, 5.41) is 4.23. The molecule has 3 aromatic rings. The second-order valence-electron chi connectivity index (χ2n) is 7.86. The van der Waals surface area contributed by atoms with Gasteiger partial charge in [0, 0.05) is 17.9 Å². The first-order valence-electron chi connectivity index (χ1n) is 10.5. The first kappa shape index (κ1) is 19.9. The minimum absolute atomic E-state index is 0.0953. The molecule has 1 aliphatic carbocycles. The number of aromatic nitrogens is 3. The lowest BCUT2D eigenvalue weighted by molar-refractivity contribution is 0.627. The van der Waals surface area contributed by atoms with Crippen LogP contribution in [0.2, 0.25) is 0 Å². The number of anilines is 2. The fourth-order valence-electron chi connectivity index (χ4n) is 3.81. The maximum atomic E-state index is 14.1. The number of hydrogen-bond donors (Lipinski definition) is 1. The van der Waals surface area contributed by atoms with Crippen molar-refractivity contribution in [2.75, 3.05) is 5.32 Å². The number of benzene rings is 3. The Kier molecular flexibility index (Phi) is 5.11. The molecule has 1 N–H and O–H groups in total. The Bertz CT molecular complexity index is 1440. The Balaban J connectivity index is 1.84. The number of hydrogen-bond acceptors (Lipinski definition) is 4. The van der Waals surface area contributed by atoms with Gasteiger partial charge in [-0.3, -0.25) is 9.98 Å². The van der Waals surface area contributed by atoms with Gasteiger partial charge in [-0.1, -0.05) is 18.2 Å². The minimum Gasteiger partial charge on any atom is -0.352 e. The topological polar surface area (TPSA) is 55.1 Å². The van der Waals surface area contributed by atoms with Gasteiger partial charge in [0.1, 0.15) is 5.82 Å². The van der Waals surface area contributed by atoms with E-state index < -0.39 is 0 Å². The summed E-state index contributed by atoms with van der Waals surface area (Å²) in [6.07, 6.45) is 3.50. The van der Waals surface area contributed by atoms with Gasteiger partial charge in [0.25, 0.3) is 0 Å². The van der Waals surface area contributed by atoms with Gasteiger partial charge >= 0.3 is 0 Å². The van der Waals surface area contributed by atoms with Crippen LogP contribution in [-0.2, 0) is 0 Å². The van der Waals surface area contributed by atoms with E-state index in [0.29, 0.717) is 0 Å². The average molecular weight is 423 g/mol. The summed E-state index contributed by atoms with van der Waals surface area (Å²) < 4.78 is 16.2. The first-order valence-corrected chi connectivity index (χ1v) is 10.5. The smallest absolute Gasteiger partial charge is 0.125 e. The number of halogens is 1. The zero-order valence-corrected chi connectivity index (χ0v) is 17.8. The zero-order chi connectivity index (χ0) is 22.1. The molecule has 5 nitrogen and oxygen atoms in total.